The molecule has 0 radical (unpaired) electrons. The van der Waals surface area contributed by atoms with Crippen LogP contribution in [0.25, 0.3) is 72.3 Å². The van der Waals surface area contributed by atoms with Gasteiger partial charge in [-0.1, -0.05) is 6.07 Å². The van der Waals surface area contributed by atoms with E-state index in [4.69, 9.17) is 14.5 Å². The van der Waals surface area contributed by atoms with Crippen molar-refractivity contribution in [1.82, 2.24) is 18.7 Å². The van der Waals surface area contributed by atoms with Gasteiger partial charge in [-0.05, 0) is 24.5 Å². The van der Waals surface area contributed by atoms with E-state index in [9.17, 15) is 0 Å². The number of imidazole rings is 1. The van der Waals surface area contributed by atoms with E-state index in [1.165, 1.54) is 5.56 Å². The summed E-state index contributed by atoms with van der Waals surface area (Å²) in [6, 6.07) is 64.2. The van der Waals surface area contributed by atoms with Gasteiger partial charge in [0.15, 0.2) is 0 Å². The molecular weight excluding hydrogens is 896 g/mol. The number of hydrogen-bond acceptors (Lipinski definition) is 3. The first-order valence-corrected chi connectivity index (χ1v) is 20.5. The Hall–Kier alpha value is -6.75. The molecule has 7 aromatic carbocycles. The van der Waals surface area contributed by atoms with Crippen LogP contribution in [0.1, 0.15) is 12.0 Å². The Morgan fingerprint density at radius 1 is 0.586 bits per heavy atom. The van der Waals surface area contributed by atoms with Gasteiger partial charge in [-0.2, -0.15) is 0 Å². The van der Waals surface area contributed by atoms with Crippen molar-refractivity contribution in [3.8, 4) is 56.7 Å². The fourth-order valence-corrected chi connectivity index (χ4v) is 9.41. The summed E-state index contributed by atoms with van der Waals surface area (Å²) >= 11 is 2.47. The van der Waals surface area contributed by atoms with E-state index in [1.54, 1.807) is 0 Å². The molecule has 1 aliphatic rings. The zero-order chi connectivity index (χ0) is 38.6. The third-order valence-electron chi connectivity index (χ3n) is 10.9. The second-order valence-electron chi connectivity index (χ2n) is 14.4. The van der Waals surface area contributed by atoms with Gasteiger partial charge >= 0.3 is 294 Å². The van der Waals surface area contributed by atoms with Crippen LogP contribution in [0.2, 0.25) is 0 Å². The van der Waals surface area contributed by atoms with Crippen LogP contribution in [0, 0.1) is 15.9 Å². The standard InChI is InChI=1S/C51H34N4O2.Pt/c1-3-14-35(15-4-1)41-21-12-22-42(36-16-5-2-6-17-36)51(41)54-34-53(45-23-7-8-24-46(45)54)38-19-11-20-39(31-38)57-40-26-27-43-44-30-37-18-13-29-56-49(37)33-48(44)55(47(43)32-40)50-25-9-10-28-52-50;/h1-12,14-17,19-28,30,33H,13,18,29H2;/q-2;. The van der Waals surface area contributed by atoms with Crippen LogP contribution in [-0.4, -0.2) is 25.3 Å². The SMILES string of the molecule is [Pt]=[c]1n(-c2[c-]c(Oc3[c-]c4c(cc3)c3cc5c(cc3n4-c3ccccn3)OCCC5)ccc2)c2ccccc2n1-c1c(-c2ccccc2)cccc1-c1ccccc1. The van der Waals surface area contributed by atoms with E-state index in [0.717, 1.165) is 101 Å². The maximum atomic E-state index is 6.64. The first kappa shape index (κ1) is 34.5. The summed E-state index contributed by atoms with van der Waals surface area (Å²) in [7, 11) is 0. The van der Waals surface area contributed by atoms with Crippen molar-refractivity contribution in [3.05, 3.63) is 191 Å². The number of benzene rings is 7. The maximum absolute atomic E-state index is 6.64. The zero-order valence-electron chi connectivity index (χ0n) is 31.2. The molecule has 3 aromatic heterocycles. The summed E-state index contributed by atoms with van der Waals surface area (Å²) in [5, 5.41) is 2.23. The van der Waals surface area contributed by atoms with E-state index in [1.807, 2.05) is 42.6 Å². The predicted octanol–water partition coefficient (Wildman–Crippen LogP) is 12.0. The molecule has 0 atom stereocenters. The van der Waals surface area contributed by atoms with Gasteiger partial charge in [-0.25, -0.2) is 0 Å². The first-order chi connectivity index (χ1) is 28.7. The quantitative estimate of drug-likeness (QED) is 0.150. The predicted molar refractivity (Wildman–Crippen MR) is 227 cm³/mol. The van der Waals surface area contributed by atoms with Crippen LogP contribution >= 0.6 is 0 Å². The minimum atomic E-state index is 0.590. The van der Waals surface area contributed by atoms with Gasteiger partial charge in [0.05, 0.1) is 6.61 Å². The number of rotatable bonds is 7. The molecule has 4 heterocycles. The van der Waals surface area contributed by atoms with Crippen molar-refractivity contribution in [3.63, 3.8) is 0 Å². The molecule has 6 nitrogen and oxygen atoms in total. The fourth-order valence-electron chi connectivity index (χ4n) is 8.33. The van der Waals surface area contributed by atoms with E-state index in [2.05, 4.69) is 173 Å². The van der Waals surface area contributed by atoms with Crippen LogP contribution in [-0.2, 0) is 25.8 Å². The molecule has 0 saturated heterocycles. The molecule has 58 heavy (non-hydrogen) atoms. The molecule has 0 bridgehead atoms. The average Bonchev–Trinajstić information content (AvgIpc) is 3.76. The summed E-state index contributed by atoms with van der Waals surface area (Å²) in [4.78, 5) is 4.74. The minimum absolute atomic E-state index is 0.590. The second-order valence-corrected chi connectivity index (χ2v) is 15.4. The van der Waals surface area contributed by atoms with Crippen LogP contribution in [0.5, 0.6) is 17.2 Å². The number of pyridine rings is 1. The molecule has 1 aliphatic heterocycles. The van der Waals surface area contributed by atoms with Crippen LogP contribution < -0.4 is 9.47 Å². The molecule has 0 aliphatic carbocycles. The Balaban J connectivity index is 1.05. The first-order valence-electron chi connectivity index (χ1n) is 19.4. The molecular formula is C51H34N4O2Pt-2. The zero-order valence-corrected chi connectivity index (χ0v) is 33.5. The summed E-state index contributed by atoms with van der Waals surface area (Å²) in [5.74, 6) is 2.93. The Kier molecular flexibility index (Phi) is 8.52. The van der Waals surface area contributed by atoms with Crippen molar-refractivity contribution in [1.29, 1.82) is 0 Å². The molecule has 0 saturated carbocycles. The summed E-state index contributed by atoms with van der Waals surface area (Å²) < 4.78 is 20.5. The van der Waals surface area contributed by atoms with Gasteiger partial charge in [-0.3, -0.25) is 0 Å². The number of fused-ring (bicyclic) bond motifs is 5. The molecule has 0 spiro atoms. The molecule has 0 fully saturated rings. The number of para-hydroxylation sites is 3. The molecule has 7 heteroatoms. The van der Waals surface area contributed by atoms with Gasteiger partial charge in [0.25, 0.3) is 0 Å². The van der Waals surface area contributed by atoms with E-state index < -0.39 is 0 Å². The summed E-state index contributed by atoms with van der Waals surface area (Å²) in [6.45, 7) is 0.732. The Morgan fingerprint density at radius 3 is 2.02 bits per heavy atom. The van der Waals surface area contributed by atoms with Gasteiger partial charge < -0.3 is 4.74 Å². The Bertz CT molecular complexity index is 3170. The van der Waals surface area contributed by atoms with Gasteiger partial charge in [0.1, 0.15) is 5.75 Å². The average molecular weight is 930 g/mol. The van der Waals surface area contributed by atoms with Crippen molar-refractivity contribution >= 4 is 32.8 Å². The van der Waals surface area contributed by atoms with Gasteiger partial charge in [-0.15, -0.1) is 0 Å². The topological polar surface area (TPSA) is 46.1 Å². The Labute approximate surface area is 346 Å². The van der Waals surface area contributed by atoms with Gasteiger partial charge in [0.2, 0.25) is 0 Å². The number of nitrogens with zero attached hydrogens (tertiary/aromatic N) is 4. The third kappa shape index (κ3) is 5.83. The molecule has 0 amide bonds. The van der Waals surface area contributed by atoms with Crippen molar-refractivity contribution in [2.75, 3.05) is 6.61 Å². The van der Waals surface area contributed by atoms with Crippen molar-refractivity contribution in [2.45, 2.75) is 12.8 Å². The van der Waals surface area contributed by atoms with Crippen LogP contribution in [0.4, 0.5) is 0 Å². The fraction of sp³-hybridized carbons (Fsp3) is 0.0588. The third-order valence-corrected chi connectivity index (χ3v) is 11.9. The molecule has 10 aromatic rings. The summed E-state index contributed by atoms with van der Waals surface area (Å²) in [5.41, 5.74) is 11.9. The van der Waals surface area contributed by atoms with Crippen molar-refractivity contribution < 1.29 is 28.8 Å². The normalized spacial score (nSPS) is 12.5. The number of aromatic nitrogens is 4. The Morgan fingerprint density at radius 2 is 1.28 bits per heavy atom. The molecule has 282 valence electrons. The number of hydrogen-bond donors (Lipinski definition) is 0. The van der Waals surface area contributed by atoms with Crippen molar-refractivity contribution in [2.24, 2.45) is 0 Å². The number of ether oxygens (including phenoxy) is 2. The summed E-state index contributed by atoms with van der Waals surface area (Å²) in [6.07, 6.45) is 3.84. The van der Waals surface area contributed by atoms with E-state index in [0.29, 0.717) is 11.5 Å². The van der Waals surface area contributed by atoms with Gasteiger partial charge in [0, 0.05) is 6.20 Å². The molecule has 0 unspecified atom stereocenters. The van der Waals surface area contributed by atoms with E-state index >= 15 is 0 Å². The molecule has 0 N–H and O–H groups in total. The van der Waals surface area contributed by atoms with Crippen LogP contribution in [0.15, 0.2) is 170 Å². The van der Waals surface area contributed by atoms with Crippen LogP contribution in [0.3, 0.4) is 0 Å². The van der Waals surface area contributed by atoms with E-state index in [-0.39, 0.29) is 0 Å². The number of aryl methyl sites for hydroxylation is 1. The monoisotopic (exact) mass is 929 g/mol. The second kappa shape index (κ2) is 14.3. The molecule has 11 rings (SSSR count).